The molecule has 1 aromatic carbocycles. The summed E-state index contributed by atoms with van der Waals surface area (Å²) in [6.45, 7) is 1.83. The fourth-order valence-corrected chi connectivity index (χ4v) is 2.10. The van der Waals surface area contributed by atoms with Gasteiger partial charge in [-0.15, -0.1) is 0 Å². The molecule has 0 aliphatic rings. The van der Waals surface area contributed by atoms with Crippen LogP contribution in [0.15, 0.2) is 36.4 Å². The third-order valence-electron chi connectivity index (χ3n) is 3.14. The molecule has 0 bridgehead atoms. The molecule has 118 valence electrons. The monoisotopic (exact) mass is 312 g/mol. The Balaban J connectivity index is 2.20. The summed E-state index contributed by atoms with van der Waals surface area (Å²) in [5, 5.41) is 6.18. The second-order valence-electron chi connectivity index (χ2n) is 4.70. The second kappa shape index (κ2) is 6.64. The van der Waals surface area contributed by atoms with Crippen LogP contribution in [-0.4, -0.2) is 28.9 Å². The van der Waals surface area contributed by atoms with E-state index in [1.807, 2.05) is 0 Å². The number of aromatic nitrogens is 2. The molecule has 1 heterocycles. The van der Waals surface area contributed by atoms with Crippen molar-refractivity contribution in [3.05, 3.63) is 53.3 Å². The number of carbonyl (C=O) groups excluding carboxylic acids is 1. The number of carbonyl (C=O) groups is 1. The molecule has 0 saturated carbocycles. The van der Waals surface area contributed by atoms with Crippen LogP contribution in [0.25, 0.3) is 0 Å². The van der Waals surface area contributed by atoms with Gasteiger partial charge in [-0.1, -0.05) is 30.3 Å². The van der Waals surface area contributed by atoms with Crippen LogP contribution in [0.1, 0.15) is 34.6 Å². The lowest BCUT2D eigenvalue weighted by Gasteiger charge is -2.19. The van der Waals surface area contributed by atoms with E-state index < -0.39 is 18.1 Å². The van der Waals surface area contributed by atoms with E-state index in [9.17, 15) is 18.0 Å². The highest BCUT2D eigenvalue weighted by Gasteiger charge is 2.41. The van der Waals surface area contributed by atoms with Gasteiger partial charge in [0.05, 0.1) is 18.2 Å². The zero-order valence-corrected chi connectivity index (χ0v) is 11.9. The Morgan fingerprint density at radius 2 is 2.00 bits per heavy atom. The van der Waals surface area contributed by atoms with Crippen molar-refractivity contribution in [3.8, 4) is 0 Å². The van der Waals surface area contributed by atoms with Crippen LogP contribution in [0, 0.1) is 0 Å². The lowest BCUT2D eigenvalue weighted by molar-refractivity contribution is -0.150. The average molecular weight is 312 g/mol. The molecule has 2 rings (SSSR count). The molecule has 0 fully saturated rings. The number of nitrogens with one attached hydrogen (secondary N) is 1. The van der Waals surface area contributed by atoms with Crippen molar-refractivity contribution in [2.24, 2.45) is 0 Å². The molecule has 0 saturated heterocycles. The average Bonchev–Trinajstić information content (AvgIpc) is 2.93. The fourth-order valence-electron chi connectivity index (χ4n) is 2.10. The summed E-state index contributed by atoms with van der Waals surface area (Å²) < 4.78 is 44.5. The molecule has 1 unspecified atom stereocenters. The van der Waals surface area contributed by atoms with Gasteiger partial charge < -0.3 is 4.74 Å². The highest BCUT2D eigenvalue weighted by atomic mass is 19.4. The van der Waals surface area contributed by atoms with Crippen molar-refractivity contribution in [2.75, 3.05) is 6.61 Å². The highest BCUT2D eigenvalue weighted by molar-refractivity contribution is 5.87. The van der Waals surface area contributed by atoms with Crippen LogP contribution in [0.4, 0.5) is 13.2 Å². The number of rotatable bonds is 5. The lowest BCUT2D eigenvalue weighted by Crippen LogP contribution is -2.23. The summed E-state index contributed by atoms with van der Waals surface area (Å²) in [5.41, 5.74) is 0.371. The van der Waals surface area contributed by atoms with E-state index >= 15 is 0 Å². The molecular formula is C15H15F3N2O2. The summed E-state index contributed by atoms with van der Waals surface area (Å²) in [7, 11) is 0. The number of ether oxygens (including phenoxy) is 1. The Kier molecular flexibility index (Phi) is 4.85. The molecule has 2 aromatic rings. The van der Waals surface area contributed by atoms with E-state index in [1.54, 1.807) is 25.1 Å². The molecular weight excluding hydrogens is 297 g/mol. The van der Waals surface area contributed by atoms with Crippen molar-refractivity contribution >= 4 is 5.97 Å². The number of esters is 1. The predicted octanol–water partition coefficient (Wildman–Crippen LogP) is 3.48. The number of alkyl halides is 3. The minimum absolute atomic E-state index is 0.0471. The maximum Gasteiger partial charge on any atom is 0.396 e. The van der Waals surface area contributed by atoms with Crippen LogP contribution < -0.4 is 0 Å². The van der Waals surface area contributed by atoms with Crippen LogP contribution in [0.5, 0.6) is 0 Å². The molecule has 0 aliphatic carbocycles. The fraction of sp³-hybridized carbons (Fsp3) is 0.333. The van der Waals surface area contributed by atoms with Gasteiger partial charge in [-0.05, 0) is 18.6 Å². The Hall–Kier alpha value is -2.31. The molecule has 0 radical (unpaired) electrons. The van der Waals surface area contributed by atoms with E-state index in [0.717, 1.165) is 0 Å². The Morgan fingerprint density at radius 3 is 2.59 bits per heavy atom. The van der Waals surface area contributed by atoms with Gasteiger partial charge in [0, 0.05) is 6.42 Å². The smallest absolute Gasteiger partial charge is 0.396 e. The molecule has 1 aromatic heterocycles. The standard InChI is InChI=1S/C15H15F3N2O2/c1-2-22-14(21)13-9-11(19-20-13)8-12(15(16,17)18)10-6-4-3-5-7-10/h3-7,9,12H,2,8H2,1H3,(H,19,20). The third-order valence-corrected chi connectivity index (χ3v) is 3.14. The number of halogens is 3. The quantitative estimate of drug-likeness (QED) is 0.860. The van der Waals surface area contributed by atoms with Crippen LogP contribution in [0.2, 0.25) is 0 Å². The minimum Gasteiger partial charge on any atom is -0.461 e. The molecule has 0 aliphatic heterocycles. The predicted molar refractivity (Wildman–Crippen MR) is 73.5 cm³/mol. The minimum atomic E-state index is -4.40. The highest BCUT2D eigenvalue weighted by Crippen LogP contribution is 2.37. The molecule has 4 nitrogen and oxygen atoms in total. The van der Waals surface area contributed by atoms with Gasteiger partial charge in [0.1, 0.15) is 5.69 Å². The summed E-state index contributed by atoms with van der Waals surface area (Å²) in [4.78, 5) is 11.5. The van der Waals surface area contributed by atoms with Crippen molar-refractivity contribution in [1.82, 2.24) is 10.2 Å². The Morgan fingerprint density at radius 1 is 1.32 bits per heavy atom. The van der Waals surface area contributed by atoms with Crippen LogP contribution >= 0.6 is 0 Å². The van der Waals surface area contributed by atoms with E-state index in [0.29, 0.717) is 0 Å². The first kappa shape index (κ1) is 16.1. The Labute approximate surface area is 125 Å². The summed E-state index contributed by atoms with van der Waals surface area (Å²) >= 11 is 0. The molecule has 7 heteroatoms. The lowest BCUT2D eigenvalue weighted by atomic mass is 9.93. The molecule has 1 N–H and O–H groups in total. The van der Waals surface area contributed by atoms with E-state index in [4.69, 9.17) is 4.74 Å². The number of H-pyrrole nitrogens is 1. The van der Waals surface area contributed by atoms with Gasteiger partial charge in [0.15, 0.2) is 0 Å². The van der Waals surface area contributed by atoms with Gasteiger partial charge in [0.2, 0.25) is 0 Å². The number of aromatic amines is 1. The summed E-state index contributed by atoms with van der Waals surface area (Å²) in [5.74, 6) is -2.31. The van der Waals surface area contributed by atoms with Crippen molar-refractivity contribution in [3.63, 3.8) is 0 Å². The zero-order chi connectivity index (χ0) is 16.2. The molecule has 22 heavy (non-hydrogen) atoms. The maximum atomic E-state index is 13.2. The van der Waals surface area contributed by atoms with Crippen molar-refractivity contribution in [2.45, 2.75) is 25.4 Å². The summed E-state index contributed by atoms with van der Waals surface area (Å²) in [6, 6.07) is 8.92. The van der Waals surface area contributed by atoms with Gasteiger partial charge in [-0.2, -0.15) is 18.3 Å². The topological polar surface area (TPSA) is 55.0 Å². The molecule has 0 spiro atoms. The van der Waals surface area contributed by atoms with Crippen molar-refractivity contribution < 1.29 is 22.7 Å². The number of nitrogens with zero attached hydrogens (tertiary/aromatic N) is 1. The maximum absolute atomic E-state index is 13.2. The summed E-state index contributed by atoms with van der Waals surface area (Å²) in [6.07, 6.45) is -4.74. The van der Waals surface area contributed by atoms with Gasteiger partial charge in [0.25, 0.3) is 0 Å². The number of hydrogen-bond acceptors (Lipinski definition) is 3. The van der Waals surface area contributed by atoms with Gasteiger partial charge >= 0.3 is 12.1 Å². The normalized spacial score (nSPS) is 12.9. The molecule has 0 amide bonds. The Bertz CT molecular complexity index is 623. The van der Waals surface area contributed by atoms with Crippen molar-refractivity contribution in [1.29, 1.82) is 0 Å². The number of hydrogen-bond donors (Lipinski definition) is 1. The SMILES string of the molecule is CCOC(=O)c1cc(CC(c2ccccc2)C(F)(F)F)n[nH]1. The van der Waals surface area contributed by atoms with Crippen LogP contribution in [-0.2, 0) is 11.2 Å². The first-order valence-corrected chi connectivity index (χ1v) is 6.75. The van der Waals surface area contributed by atoms with Gasteiger partial charge in [-0.3, -0.25) is 5.10 Å². The second-order valence-corrected chi connectivity index (χ2v) is 4.70. The van der Waals surface area contributed by atoms with Crippen LogP contribution in [0.3, 0.4) is 0 Å². The van der Waals surface area contributed by atoms with E-state index in [2.05, 4.69) is 10.2 Å². The third kappa shape index (κ3) is 3.87. The first-order valence-electron chi connectivity index (χ1n) is 6.75. The van der Waals surface area contributed by atoms with E-state index in [1.165, 1.54) is 18.2 Å². The van der Waals surface area contributed by atoms with E-state index in [-0.39, 0.29) is 30.0 Å². The zero-order valence-electron chi connectivity index (χ0n) is 11.9. The largest absolute Gasteiger partial charge is 0.461 e. The first-order chi connectivity index (χ1) is 10.4. The molecule has 1 atom stereocenters. The van der Waals surface area contributed by atoms with Gasteiger partial charge in [-0.25, -0.2) is 4.79 Å². The number of benzene rings is 1.